The van der Waals surface area contributed by atoms with Gasteiger partial charge in [0.25, 0.3) is 0 Å². The summed E-state index contributed by atoms with van der Waals surface area (Å²) in [5, 5.41) is 1.24. The molecule has 1 fully saturated rings. The smallest absolute Gasteiger partial charge is 0.419 e. The molecule has 8 heteroatoms. The number of halogens is 1. The number of ether oxygens (including phenoxy) is 4. The van der Waals surface area contributed by atoms with Crippen LogP contribution in [0.2, 0.25) is 5.02 Å². The SMILES string of the molecule is COC(=O)c1ccc(C2C[C@@H](OC)CC[C@H]2Oc2c(Cl)cc(C)c3c2ccn3C(=O)OC(C)(C)C)cc1. The molecule has 3 aromatic rings. The molecular formula is C29H34ClNO6. The summed E-state index contributed by atoms with van der Waals surface area (Å²) in [6.07, 6.45) is 3.55. The lowest BCUT2D eigenvalue weighted by Gasteiger charge is -2.36. The van der Waals surface area contributed by atoms with Gasteiger partial charge in [0.05, 0.1) is 29.3 Å². The van der Waals surface area contributed by atoms with Gasteiger partial charge in [-0.05, 0) is 82.3 Å². The monoisotopic (exact) mass is 527 g/mol. The lowest BCUT2D eigenvalue weighted by Crippen LogP contribution is -2.35. The summed E-state index contributed by atoms with van der Waals surface area (Å²) in [5.74, 6) is 0.188. The Morgan fingerprint density at radius 1 is 1.05 bits per heavy atom. The minimum Gasteiger partial charge on any atom is -0.488 e. The number of fused-ring (bicyclic) bond motifs is 1. The first kappa shape index (κ1) is 27.0. The van der Waals surface area contributed by atoms with Crippen LogP contribution in [0.3, 0.4) is 0 Å². The fraction of sp³-hybridized carbons (Fsp3) is 0.448. The Bertz CT molecular complexity index is 1290. The minimum atomic E-state index is -0.621. The molecule has 37 heavy (non-hydrogen) atoms. The predicted octanol–water partition coefficient (Wildman–Crippen LogP) is 6.90. The zero-order valence-electron chi connectivity index (χ0n) is 22.2. The number of carbonyl (C=O) groups is 2. The Kier molecular flexibility index (Phi) is 7.85. The molecule has 1 heterocycles. The summed E-state index contributed by atoms with van der Waals surface area (Å²) in [7, 11) is 3.09. The predicted molar refractivity (Wildman–Crippen MR) is 143 cm³/mol. The van der Waals surface area contributed by atoms with Crippen LogP contribution in [-0.4, -0.2) is 48.7 Å². The number of aryl methyl sites for hydroxylation is 1. The highest BCUT2D eigenvalue weighted by Gasteiger charge is 2.34. The number of rotatable bonds is 5. The molecule has 7 nitrogen and oxygen atoms in total. The first-order chi connectivity index (χ1) is 17.5. The topological polar surface area (TPSA) is 76.0 Å². The Morgan fingerprint density at radius 3 is 2.38 bits per heavy atom. The van der Waals surface area contributed by atoms with Gasteiger partial charge in [0, 0.05) is 24.6 Å². The van der Waals surface area contributed by atoms with E-state index in [9.17, 15) is 9.59 Å². The van der Waals surface area contributed by atoms with Crippen molar-refractivity contribution in [3.05, 3.63) is 64.3 Å². The quantitative estimate of drug-likeness (QED) is 0.336. The number of esters is 1. The second-order valence-electron chi connectivity index (χ2n) is 10.5. The second-order valence-corrected chi connectivity index (χ2v) is 10.9. The van der Waals surface area contributed by atoms with Crippen molar-refractivity contribution in [1.82, 2.24) is 4.57 Å². The number of aromatic nitrogens is 1. The van der Waals surface area contributed by atoms with Crippen molar-refractivity contribution in [2.24, 2.45) is 0 Å². The van der Waals surface area contributed by atoms with E-state index in [4.69, 9.17) is 30.5 Å². The zero-order chi connectivity index (χ0) is 26.9. The summed E-state index contributed by atoms with van der Waals surface area (Å²) in [4.78, 5) is 24.8. The maximum atomic E-state index is 12.9. The average molecular weight is 528 g/mol. The molecule has 1 unspecified atom stereocenters. The largest absolute Gasteiger partial charge is 0.488 e. The van der Waals surface area contributed by atoms with Gasteiger partial charge < -0.3 is 18.9 Å². The molecule has 0 bridgehead atoms. The number of methoxy groups -OCH3 is 2. The maximum absolute atomic E-state index is 12.9. The molecule has 1 aromatic heterocycles. The van der Waals surface area contributed by atoms with E-state index in [0.717, 1.165) is 35.8 Å². The van der Waals surface area contributed by atoms with Crippen LogP contribution in [0.25, 0.3) is 10.9 Å². The summed E-state index contributed by atoms with van der Waals surface area (Å²) in [6.45, 7) is 7.42. The molecule has 1 saturated carbocycles. The van der Waals surface area contributed by atoms with Gasteiger partial charge in [-0.2, -0.15) is 0 Å². The molecule has 0 spiro atoms. The summed E-state index contributed by atoms with van der Waals surface area (Å²) in [6, 6.07) is 11.1. The van der Waals surface area contributed by atoms with E-state index in [1.807, 2.05) is 52.0 Å². The standard InChI is InChI=1S/C29H34ClNO6/c1-17-15-23(30)26(21-13-14-31(25(17)21)28(33)37-29(2,3)4)36-24-12-11-20(34-5)16-22(24)18-7-9-19(10-8-18)27(32)35-6/h7-10,13-15,20,22,24H,11-12,16H2,1-6H3/t20-,22?,24+/m0/s1. The highest BCUT2D eigenvalue weighted by atomic mass is 35.5. The van der Waals surface area contributed by atoms with Crippen LogP contribution in [0.1, 0.15) is 67.4 Å². The summed E-state index contributed by atoms with van der Waals surface area (Å²) < 4.78 is 24.3. The zero-order valence-corrected chi connectivity index (χ0v) is 22.9. The Hall–Kier alpha value is -3.03. The first-order valence-corrected chi connectivity index (χ1v) is 12.8. The van der Waals surface area contributed by atoms with E-state index in [-0.39, 0.29) is 24.1 Å². The molecule has 1 aliphatic rings. The van der Waals surface area contributed by atoms with Crippen LogP contribution in [0, 0.1) is 6.92 Å². The lowest BCUT2D eigenvalue weighted by atomic mass is 9.80. The Morgan fingerprint density at radius 2 is 1.76 bits per heavy atom. The summed E-state index contributed by atoms with van der Waals surface area (Å²) >= 11 is 6.72. The third-order valence-electron chi connectivity index (χ3n) is 6.76. The molecule has 2 aromatic carbocycles. The van der Waals surface area contributed by atoms with Crippen LogP contribution < -0.4 is 4.74 Å². The Balaban J connectivity index is 1.69. The highest BCUT2D eigenvalue weighted by Crippen LogP contribution is 2.42. The van der Waals surface area contributed by atoms with E-state index < -0.39 is 11.7 Å². The molecule has 0 aliphatic heterocycles. The number of benzene rings is 2. The van der Waals surface area contributed by atoms with Crippen LogP contribution in [0.4, 0.5) is 4.79 Å². The van der Waals surface area contributed by atoms with Gasteiger partial charge in [-0.15, -0.1) is 0 Å². The molecule has 4 rings (SSSR count). The fourth-order valence-corrected chi connectivity index (χ4v) is 5.31. The molecule has 0 amide bonds. The first-order valence-electron chi connectivity index (χ1n) is 12.4. The molecule has 198 valence electrons. The van der Waals surface area contributed by atoms with Crippen molar-refractivity contribution >= 4 is 34.6 Å². The van der Waals surface area contributed by atoms with Crippen molar-refractivity contribution in [2.45, 2.75) is 70.7 Å². The molecule has 3 atom stereocenters. The molecule has 0 saturated heterocycles. The van der Waals surface area contributed by atoms with Crippen LogP contribution >= 0.6 is 11.6 Å². The molecule has 0 N–H and O–H groups in total. The third-order valence-corrected chi connectivity index (χ3v) is 7.04. The number of hydrogen-bond acceptors (Lipinski definition) is 6. The molecular weight excluding hydrogens is 494 g/mol. The maximum Gasteiger partial charge on any atom is 0.419 e. The number of hydrogen-bond donors (Lipinski definition) is 0. The number of carbonyl (C=O) groups excluding carboxylic acids is 2. The van der Waals surface area contributed by atoms with E-state index in [1.54, 1.807) is 25.4 Å². The van der Waals surface area contributed by atoms with Gasteiger partial charge in [-0.1, -0.05) is 23.7 Å². The average Bonchev–Trinajstić information content (AvgIpc) is 3.31. The summed E-state index contributed by atoms with van der Waals surface area (Å²) in [5.41, 5.74) is 2.48. The highest BCUT2D eigenvalue weighted by molar-refractivity contribution is 6.33. The van der Waals surface area contributed by atoms with Gasteiger partial charge >= 0.3 is 12.1 Å². The van der Waals surface area contributed by atoms with Gasteiger partial charge in [-0.25, -0.2) is 9.59 Å². The van der Waals surface area contributed by atoms with Crippen molar-refractivity contribution in [2.75, 3.05) is 14.2 Å². The molecule has 1 aliphatic carbocycles. The van der Waals surface area contributed by atoms with Crippen molar-refractivity contribution in [3.63, 3.8) is 0 Å². The van der Waals surface area contributed by atoms with Gasteiger partial charge in [0.1, 0.15) is 17.5 Å². The fourth-order valence-electron chi connectivity index (χ4n) is 5.00. The molecule has 0 radical (unpaired) electrons. The van der Waals surface area contributed by atoms with Crippen molar-refractivity contribution < 1.29 is 28.5 Å². The van der Waals surface area contributed by atoms with Gasteiger partial charge in [0.15, 0.2) is 0 Å². The van der Waals surface area contributed by atoms with Gasteiger partial charge in [0.2, 0.25) is 0 Å². The van der Waals surface area contributed by atoms with E-state index in [2.05, 4.69) is 0 Å². The Labute approximate surface area is 222 Å². The number of nitrogens with zero attached hydrogens (tertiary/aromatic N) is 1. The van der Waals surface area contributed by atoms with Crippen LogP contribution in [0.5, 0.6) is 5.75 Å². The van der Waals surface area contributed by atoms with Crippen LogP contribution in [0.15, 0.2) is 42.6 Å². The van der Waals surface area contributed by atoms with E-state index in [1.165, 1.54) is 11.7 Å². The van der Waals surface area contributed by atoms with E-state index in [0.29, 0.717) is 21.9 Å². The third kappa shape index (κ3) is 5.78. The van der Waals surface area contributed by atoms with Crippen molar-refractivity contribution in [3.8, 4) is 5.75 Å². The second kappa shape index (κ2) is 10.8. The van der Waals surface area contributed by atoms with Crippen LogP contribution in [-0.2, 0) is 14.2 Å². The minimum absolute atomic E-state index is 0.0192. The van der Waals surface area contributed by atoms with Crippen molar-refractivity contribution in [1.29, 1.82) is 0 Å². The normalized spacial score (nSPS) is 20.0. The van der Waals surface area contributed by atoms with Gasteiger partial charge in [-0.3, -0.25) is 4.57 Å². The van der Waals surface area contributed by atoms with E-state index >= 15 is 0 Å². The lowest BCUT2D eigenvalue weighted by molar-refractivity contribution is 0.0195.